The standard InChI is InChI=1S/C30H38N2O6/c1-8-31(9-2)13-14-32-27(21-11-10-12-22(16-21)38-20(6)33)26(29(35)30(32)36)28(34)24-17-23(18(3)4)25(37-7)15-19(24)5/h10-12,15-18,27,34H,8-9,13-14H2,1-7H3/b28-26+. The summed E-state index contributed by atoms with van der Waals surface area (Å²) in [5, 5.41) is 11.6. The maximum Gasteiger partial charge on any atom is 0.308 e. The highest BCUT2D eigenvalue weighted by atomic mass is 16.5. The van der Waals surface area contributed by atoms with Crippen molar-refractivity contribution in [2.75, 3.05) is 33.3 Å². The number of esters is 1. The minimum absolute atomic E-state index is 0.0116. The van der Waals surface area contributed by atoms with Crippen LogP contribution in [-0.2, 0) is 14.4 Å². The summed E-state index contributed by atoms with van der Waals surface area (Å²) >= 11 is 0. The Hall–Kier alpha value is -3.65. The number of carbonyl (C=O) groups is 3. The Labute approximate surface area is 224 Å². The van der Waals surface area contributed by atoms with Crippen molar-refractivity contribution < 1.29 is 29.0 Å². The number of methoxy groups -OCH3 is 1. The molecule has 8 heteroatoms. The molecule has 3 rings (SSSR count). The van der Waals surface area contributed by atoms with Crippen LogP contribution in [-0.4, -0.2) is 65.9 Å². The maximum atomic E-state index is 13.5. The predicted molar refractivity (Wildman–Crippen MR) is 146 cm³/mol. The number of likely N-dealkylation sites (N-methyl/N-ethyl adjacent to an activating group) is 1. The van der Waals surface area contributed by atoms with Crippen LogP contribution < -0.4 is 9.47 Å². The maximum absolute atomic E-state index is 13.5. The van der Waals surface area contributed by atoms with Crippen molar-refractivity contribution in [3.05, 3.63) is 64.2 Å². The molecule has 0 radical (unpaired) electrons. The van der Waals surface area contributed by atoms with Crippen molar-refractivity contribution in [2.24, 2.45) is 0 Å². The van der Waals surface area contributed by atoms with E-state index in [1.54, 1.807) is 31.4 Å². The van der Waals surface area contributed by atoms with Crippen LogP contribution in [0.3, 0.4) is 0 Å². The molecule has 2 aromatic carbocycles. The van der Waals surface area contributed by atoms with Gasteiger partial charge in [0.1, 0.15) is 17.3 Å². The summed E-state index contributed by atoms with van der Waals surface area (Å²) in [6.45, 7) is 13.7. The number of benzene rings is 2. The third-order valence-electron chi connectivity index (χ3n) is 6.98. The van der Waals surface area contributed by atoms with Gasteiger partial charge in [0.05, 0.1) is 18.7 Å². The van der Waals surface area contributed by atoms with Crippen LogP contribution in [0.2, 0.25) is 0 Å². The quantitative estimate of drug-likeness (QED) is 0.157. The summed E-state index contributed by atoms with van der Waals surface area (Å²) in [7, 11) is 1.59. The molecule has 204 valence electrons. The Morgan fingerprint density at radius 1 is 1.13 bits per heavy atom. The fraction of sp³-hybridized carbons (Fsp3) is 0.433. The number of hydrogen-bond donors (Lipinski definition) is 1. The van der Waals surface area contributed by atoms with Gasteiger partial charge in [-0.15, -0.1) is 0 Å². The topological polar surface area (TPSA) is 96.4 Å². The number of ketones is 1. The van der Waals surface area contributed by atoms with E-state index in [0.717, 1.165) is 18.7 Å². The van der Waals surface area contributed by atoms with Gasteiger partial charge in [0.15, 0.2) is 0 Å². The zero-order chi connectivity index (χ0) is 28.1. The molecule has 38 heavy (non-hydrogen) atoms. The summed E-state index contributed by atoms with van der Waals surface area (Å²) in [5.41, 5.74) is 2.64. The first-order valence-corrected chi connectivity index (χ1v) is 13.0. The highest BCUT2D eigenvalue weighted by Gasteiger charge is 2.46. The Kier molecular flexibility index (Phi) is 9.33. The lowest BCUT2D eigenvalue weighted by Crippen LogP contribution is -2.38. The SMILES string of the molecule is CCN(CC)CCN1C(=O)C(=O)/C(=C(/O)c2cc(C(C)C)c(OC)cc2C)C1c1cccc(OC(C)=O)c1. The van der Waals surface area contributed by atoms with Gasteiger partial charge in [-0.05, 0) is 66.9 Å². The van der Waals surface area contributed by atoms with Crippen LogP contribution in [0.15, 0.2) is 42.0 Å². The van der Waals surface area contributed by atoms with E-state index in [9.17, 15) is 19.5 Å². The van der Waals surface area contributed by atoms with E-state index in [2.05, 4.69) is 4.90 Å². The number of nitrogens with zero attached hydrogens (tertiary/aromatic N) is 2. The minimum Gasteiger partial charge on any atom is -0.507 e. The smallest absolute Gasteiger partial charge is 0.308 e. The van der Waals surface area contributed by atoms with Crippen LogP contribution in [0, 0.1) is 6.92 Å². The van der Waals surface area contributed by atoms with Crippen LogP contribution in [0.1, 0.15) is 68.8 Å². The first kappa shape index (κ1) is 28.9. The average molecular weight is 523 g/mol. The third kappa shape index (κ3) is 5.91. The largest absolute Gasteiger partial charge is 0.507 e. The van der Waals surface area contributed by atoms with Gasteiger partial charge in [-0.2, -0.15) is 0 Å². The molecule has 1 heterocycles. The van der Waals surface area contributed by atoms with E-state index >= 15 is 0 Å². The lowest BCUT2D eigenvalue weighted by Gasteiger charge is -2.28. The van der Waals surface area contributed by atoms with E-state index in [1.807, 2.05) is 46.8 Å². The molecule has 0 bridgehead atoms. The zero-order valence-corrected chi connectivity index (χ0v) is 23.3. The summed E-state index contributed by atoms with van der Waals surface area (Å²) in [5.74, 6) is -1.04. The molecule has 2 aromatic rings. The number of aliphatic hydroxyl groups is 1. The summed E-state index contributed by atoms with van der Waals surface area (Å²) in [6, 6.07) is 9.55. The van der Waals surface area contributed by atoms with Gasteiger partial charge in [-0.3, -0.25) is 14.4 Å². The van der Waals surface area contributed by atoms with Crippen LogP contribution in [0.25, 0.3) is 5.76 Å². The number of Topliss-reactive ketones (excluding diaryl/α,β-unsaturated/α-hetero) is 1. The molecule has 1 aliphatic rings. The molecule has 0 aromatic heterocycles. The average Bonchev–Trinajstić information content (AvgIpc) is 3.13. The van der Waals surface area contributed by atoms with Gasteiger partial charge in [0.25, 0.3) is 11.7 Å². The molecule has 1 saturated heterocycles. The molecule has 0 saturated carbocycles. The van der Waals surface area contributed by atoms with E-state index in [0.29, 0.717) is 41.3 Å². The highest BCUT2D eigenvalue weighted by Crippen LogP contribution is 2.42. The number of ether oxygens (including phenoxy) is 2. The second kappa shape index (κ2) is 12.3. The van der Waals surface area contributed by atoms with Crippen LogP contribution in [0.4, 0.5) is 0 Å². The number of hydrogen-bond acceptors (Lipinski definition) is 7. The van der Waals surface area contributed by atoms with Gasteiger partial charge in [-0.1, -0.05) is 39.8 Å². The molecule has 1 aliphatic heterocycles. The second-order valence-electron chi connectivity index (χ2n) is 9.75. The summed E-state index contributed by atoms with van der Waals surface area (Å²) < 4.78 is 10.8. The van der Waals surface area contributed by atoms with Crippen molar-refractivity contribution >= 4 is 23.4 Å². The lowest BCUT2D eigenvalue weighted by atomic mass is 9.91. The van der Waals surface area contributed by atoms with Crippen molar-refractivity contribution in [2.45, 2.75) is 53.5 Å². The molecule has 8 nitrogen and oxygen atoms in total. The second-order valence-corrected chi connectivity index (χ2v) is 9.75. The monoisotopic (exact) mass is 522 g/mol. The van der Waals surface area contributed by atoms with Crippen molar-refractivity contribution in [1.82, 2.24) is 9.80 Å². The van der Waals surface area contributed by atoms with Crippen molar-refractivity contribution in [3.63, 3.8) is 0 Å². The van der Waals surface area contributed by atoms with Gasteiger partial charge in [-0.25, -0.2) is 0 Å². The molecular weight excluding hydrogens is 484 g/mol. The Balaban J connectivity index is 2.22. The third-order valence-corrected chi connectivity index (χ3v) is 6.98. The first-order chi connectivity index (χ1) is 18.0. The first-order valence-electron chi connectivity index (χ1n) is 13.0. The molecular formula is C30H38N2O6. The predicted octanol–water partition coefficient (Wildman–Crippen LogP) is 4.82. The Morgan fingerprint density at radius 3 is 2.39 bits per heavy atom. The molecule has 1 amide bonds. The van der Waals surface area contributed by atoms with Crippen molar-refractivity contribution in [3.8, 4) is 11.5 Å². The highest BCUT2D eigenvalue weighted by molar-refractivity contribution is 6.46. The molecule has 1 fully saturated rings. The lowest BCUT2D eigenvalue weighted by molar-refractivity contribution is -0.140. The van der Waals surface area contributed by atoms with E-state index in [-0.39, 0.29) is 17.3 Å². The van der Waals surface area contributed by atoms with Gasteiger partial charge in [0, 0.05) is 25.6 Å². The van der Waals surface area contributed by atoms with Crippen LogP contribution in [0.5, 0.6) is 11.5 Å². The van der Waals surface area contributed by atoms with Gasteiger partial charge < -0.3 is 24.4 Å². The summed E-state index contributed by atoms with van der Waals surface area (Å²) in [6.07, 6.45) is 0. The number of rotatable bonds is 10. The number of carbonyl (C=O) groups excluding carboxylic acids is 3. The number of aliphatic hydroxyl groups excluding tert-OH is 1. The Bertz CT molecular complexity index is 1250. The fourth-order valence-electron chi connectivity index (χ4n) is 4.89. The minimum atomic E-state index is -0.843. The summed E-state index contributed by atoms with van der Waals surface area (Å²) in [4.78, 5) is 42.1. The van der Waals surface area contributed by atoms with Crippen LogP contribution >= 0.6 is 0 Å². The van der Waals surface area contributed by atoms with Gasteiger partial charge in [0.2, 0.25) is 0 Å². The molecule has 0 aliphatic carbocycles. The number of likely N-dealkylation sites (tertiary alicyclic amines) is 1. The zero-order valence-electron chi connectivity index (χ0n) is 23.3. The fourth-order valence-corrected chi connectivity index (χ4v) is 4.89. The molecule has 1 atom stereocenters. The number of aryl methyl sites for hydroxylation is 1. The molecule has 0 spiro atoms. The van der Waals surface area contributed by atoms with E-state index in [4.69, 9.17) is 9.47 Å². The van der Waals surface area contributed by atoms with Gasteiger partial charge >= 0.3 is 5.97 Å². The normalized spacial score (nSPS) is 17.0. The van der Waals surface area contributed by atoms with Crippen molar-refractivity contribution in [1.29, 1.82) is 0 Å². The molecule has 1 unspecified atom stereocenters. The number of amides is 1. The Morgan fingerprint density at radius 2 is 1.82 bits per heavy atom. The van der Waals surface area contributed by atoms with E-state index < -0.39 is 23.7 Å². The van der Waals surface area contributed by atoms with E-state index in [1.165, 1.54) is 11.8 Å². The molecule has 1 N–H and O–H groups in total.